The molecule has 1 aromatic rings. The van der Waals surface area contributed by atoms with E-state index in [2.05, 4.69) is 10.5 Å². The minimum atomic E-state index is -0.816. The van der Waals surface area contributed by atoms with Gasteiger partial charge < -0.3 is 14.5 Å². The van der Waals surface area contributed by atoms with E-state index in [1.165, 1.54) is 13.1 Å². The maximum atomic E-state index is 11.4. The van der Waals surface area contributed by atoms with Crippen molar-refractivity contribution >= 4 is 17.6 Å². The summed E-state index contributed by atoms with van der Waals surface area (Å²) in [6.07, 6.45) is 0. The molecular formula is C9H13N3O4. The largest absolute Gasteiger partial charge is 0.395 e. The van der Waals surface area contributed by atoms with Crippen molar-refractivity contribution < 1.29 is 19.2 Å². The van der Waals surface area contributed by atoms with Gasteiger partial charge in [-0.1, -0.05) is 5.16 Å². The Hall–Kier alpha value is -1.89. The van der Waals surface area contributed by atoms with Gasteiger partial charge in [0.05, 0.1) is 6.61 Å². The third-order valence-electron chi connectivity index (χ3n) is 1.85. The first-order valence-corrected chi connectivity index (χ1v) is 4.65. The average molecular weight is 227 g/mol. The molecule has 0 aliphatic rings. The molecule has 88 valence electrons. The van der Waals surface area contributed by atoms with E-state index >= 15 is 0 Å². The Morgan fingerprint density at radius 3 is 2.81 bits per heavy atom. The number of amides is 2. The highest BCUT2D eigenvalue weighted by atomic mass is 16.5. The molecule has 1 aromatic heterocycles. The van der Waals surface area contributed by atoms with Crippen molar-refractivity contribution in [1.82, 2.24) is 10.1 Å². The molecule has 0 atom stereocenters. The smallest absolute Gasteiger partial charge is 0.315 e. The zero-order valence-electron chi connectivity index (χ0n) is 9.06. The van der Waals surface area contributed by atoms with Gasteiger partial charge in [0, 0.05) is 19.7 Å². The van der Waals surface area contributed by atoms with Crippen molar-refractivity contribution in [3.63, 3.8) is 0 Å². The molecule has 2 N–H and O–H groups in total. The number of aryl methyl sites for hydroxylation is 1. The zero-order valence-corrected chi connectivity index (χ0v) is 9.06. The average Bonchev–Trinajstić information content (AvgIpc) is 2.63. The van der Waals surface area contributed by atoms with E-state index < -0.39 is 11.8 Å². The van der Waals surface area contributed by atoms with Crippen molar-refractivity contribution in [2.75, 3.05) is 25.5 Å². The van der Waals surface area contributed by atoms with Crippen molar-refractivity contribution in [3.05, 3.63) is 11.8 Å². The molecule has 7 heteroatoms. The maximum Gasteiger partial charge on any atom is 0.315 e. The van der Waals surface area contributed by atoms with Gasteiger partial charge in [-0.05, 0) is 6.92 Å². The van der Waals surface area contributed by atoms with Gasteiger partial charge in [0.25, 0.3) is 0 Å². The molecule has 16 heavy (non-hydrogen) atoms. The highest BCUT2D eigenvalue weighted by Crippen LogP contribution is 2.06. The van der Waals surface area contributed by atoms with E-state index in [1.54, 1.807) is 6.92 Å². The molecule has 7 nitrogen and oxygen atoms in total. The normalized spacial score (nSPS) is 9.94. The van der Waals surface area contributed by atoms with Gasteiger partial charge in [0.2, 0.25) is 0 Å². The van der Waals surface area contributed by atoms with Gasteiger partial charge in [-0.15, -0.1) is 0 Å². The number of aliphatic hydroxyl groups excluding tert-OH is 1. The summed E-state index contributed by atoms with van der Waals surface area (Å²) >= 11 is 0. The molecule has 0 unspecified atom stereocenters. The molecule has 1 heterocycles. The Morgan fingerprint density at radius 1 is 1.62 bits per heavy atom. The number of hydrogen-bond acceptors (Lipinski definition) is 5. The Balaban J connectivity index is 2.55. The Kier molecular flexibility index (Phi) is 4.01. The van der Waals surface area contributed by atoms with Crippen molar-refractivity contribution in [2.45, 2.75) is 6.92 Å². The van der Waals surface area contributed by atoms with Crippen LogP contribution < -0.4 is 5.32 Å². The van der Waals surface area contributed by atoms with Crippen LogP contribution >= 0.6 is 0 Å². The van der Waals surface area contributed by atoms with Gasteiger partial charge in [0.15, 0.2) is 5.82 Å². The predicted octanol–water partition coefficient (Wildman–Crippen LogP) is -0.628. The fraction of sp³-hybridized carbons (Fsp3) is 0.444. The van der Waals surface area contributed by atoms with Crippen molar-refractivity contribution in [3.8, 4) is 0 Å². The van der Waals surface area contributed by atoms with Gasteiger partial charge in [0.1, 0.15) is 5.76 Å². The van der Waals surface area contributed by atoms with Crippen LogP contribution in [0.4, 0.5) is 5.82 Å². The number of aromatic nitrogens is 1. The van der Waals surface area contributed by atoms with E-state index in [0.717, 1.165) is 4.90 Å². The monoisotopic (exact) mass is 227 g/mol. The second kappa shape index (κ2) is 5.26. The molecule has 0 bridgehead atoms. The number of rotatable bonds is 3. The number of aliphatic hydroxyl groups is 1. The number of likely N-dealkylation sites (N-methyl/N-ethyl adjacent to an activating group) is 1. The molecule has 1 rings (SSSR count). The van der Waals surface area contributed by atoms with Crippen LogP contribution in [0, 0.1) is 6.92 Å². The maximum absolute atomic E-state index is 11.4. The number of carbonyl (C=O) groups is 2. The van der Waals surface area contributed by atoms with E-state index in [0.29, 0.717) is 5.76 Å². The van der Waals surface area contributed by atoms with Gasteiger partial charge in [-0.2, -0.15) is 0 Å². The zero-order chi connectivity index (χ0) is 12.1. The fourth-order valence-electron chi connectivity index (χ4n) is 1.02. The third-order valence-corrected chi connectivity index (χ3v) is 1.85. The summed E-state index contributed by atoms with van der Waals surface area (Å²) in [5.41, 5.74) is 0. The van der Waals surface area contributed by atoms with Crippen molar-refractivity contribution in [1.29, 1.82) is 0 Å². The topological polar surface area (TPSA) is 95.7 Å². The molecule has 0 aliphatic carbocycles. The van der Waals surface area contributed by atoms with Crippen LogP contribution in [0.2, 0.25) is 0 Å². The van der Waals surface area contributed by atoms with Crippen LogP contribution in [0.3, 0.4) is 0 Å². The third kappa shape index (κ3) is 3.06. The van der Waals surface area contributed by atoms with Crippen LogP contribution in [0.1, 0.15) is 5.76 Å². The molecule has 0 saturated carbocycles. The van der Waals surface area contributed by atoms with Crippen LogP contribution in [-0.2, 0) is 9.59 Å². The summed E-state index contributed by atoms with van der Waals surface area (Å²) in [5.74, 6) is -0.835. The second-order valence-corrected chi connectivity index (χ2v) is 3.23. The van der Waals surface area contributed by atoms with Gasteiger partial charge >= 0.3 is 11.8 Å². The lowest BCUT2D eigenvalue weighted by atomic mass is 10.4. The van der Waals surface area contributed by atoms with Crippen molar-refractivity contribution in [2.24, 2.45) is 0 Å². The molecular weight excluding hydrogens is 214 g/mol. The second-order valence-electron chi connectivity index (χ2n) is 3.23. The summed E-state index contributed by atoms with van der Waals surface area (Å²) < 4.78 is 4.72. The molecule has 0 saturated heterocycles. The highest BCUT2D eigenvalue weighted by Gasteiger charge is 2.19. The first-order chi connectivity index (χ1) is 7.54. The van der Waals surface area contributed by atoms with E-state index in [-0.39, 0.29) is 19.0 Å². The lowest BCUT2D eigenvalue weighted by molar-refractivity contribution is -0.142. The quantitative estimate of drug-likeness (QED) is 0.670. The SMILES string of the molecule is Cc1cc(NC(=O)C(=O)N(C)CCO)no1. The summed E-state index contributed by atoms with van der Waals surface area (Å²) in [7, 11) is 1.42. The van der Waals surface area contributed by atoms with Gasteiger partial charge in [-0.3, -0.25) is 14.9 Å². The van der Waals surface area contributed by atoms with Crippen LogP contribution in [0.25, 0.3) is 0 Å². The first kappa shape index (κ1) is 12.2. The van der Waals surface area contributed by atoms with Crippen LogP contribution in [-0.4, -0.2) is 47.2 Å². The minimum Gasteiger partial charge on any atom is -0.395 e. The molecule has 2 amide bonds. The van der Waals surface area contributed by atoms with E-state index in [9.17, 15) is 9.59 Å². The molecule has 0 radical (unpaired) electrons. The number of hydrogen-bond donors (Lipinski definition) is 2. The van der Waals surface area contributed by atoms with Gasteiger partial charge in [-0.25, -0.2) is 0 Å². The molecule has 0 aromatic carbocycles. The molecule has 0 spiro atoms. The Morgan fingerprint density at radius 2 is 2.31 bits per heavy atom. The fourth-order valence-corrected chi connectivity index (χ4v) is 1.02. The summed E-state index contributed by atoms with van der Waals surface area (Å²) in [6.45, 7) is 1.57. The van der Waals surface area contributed by atoms with Crippen LogP contribution in [0.5, 0.6) is 0 Å². The molecule has 0 fully saturated rings. The standard InChI is InChI=1S/C9H13N3O4/c1-6-5-7(11-16-6)10-8(14)9(15)12(2)3-4-13/h5,13H,3-4H2,1-2H3,(H,10,11,14). The number of carbonyl (C=O) groups excluding carboxylic acids is 2. The lowest BCUT2D eigenvalue weighted by Gasteiger charge is -2.13. The highest BCUT2D eigenvalue weighted by molar-refractivity contribution is 6.39. The molecule has 0 aliphatic heterocycles. The van der Waals surface area contributed by atoms with E-state index in [1.807, 2.05) is 0 Å². The minimum absolute atomic E-state index is 0.101. The number of nitrogens with zero attached hydrogens (tertiary/aromatic N) is 2. The summed E-state index contributed by atoms with van der Waals surface area (Å²) in [4.78, 5) is 23.9. The Labute approximate surface area is 92.0 Å². The van der Waals surface area contributed by atoms with E-state index in [4.69, 9.17) is 9.63 Å². The summed E-state index contributed by atoms with van der Waals surface area (Å²) in [5, 5.41) is 14.4. The lowest BCUT2D eigenvalue weighted by Crippen LogP contribution is -2.38. The first-order valence-electron chi connectivity index (χ1n) is 4.65. The predicted molar refractivity (Wildman–Crippen MR) is 54.6 cm³/mol. The Bertz CT molecular complexity index is 388. The van der Waals surface area contributed by atoms with Crippen LogP contribution in [0.15, 0.2) is 10.6 Å². The summed E-state index contributed by atoms with van der Waals surface area (Å²) in [6, 6.07) is 1.50. The number of nitrogens with one attached hydrogen (secondary N) is 1. The number of anilines is 1.